The maximum absolute atomic E-state index is 11.6. The molecule has 0 bridgehead atoms. The molecule has 1 aliphatic rings. The van der Waals surface area contributed by atoms with Crippen LogP contribution >= 0.6 is 23.2 Å². The minimum atomic E-state index is -1.41. The van der Waals surface area contributed by atoms with E-state index < -0.39 is 11.9 Å². The molecular formula is C20H18Cl2N3O3-. The fourth-order valence-electron chi connectivity index (χ4n) is 3.03. The zero-order valence-corrected chi connectivity index (χ0v) is 16.4. The van der Waals surface area contributed by atoms with Gasteiger partial charge < -0.3 is 25.0 Å². The highest BCUT2D eigenvalue weighted by Crippen LogP contribution is 2.33. The van der Waals surface area contributed by atoms with Crippen molar-refractivity contribution in [1.82, 2.24) is 0 Å². The second-order valence-electron chi connectivity index (χ2n) is 6.24. The number of rotatable bonds is 5. The van der Waals surface area contributed by atoms with Crippen molar-refractivity contribution in [3.63, 3.8) is 0 Å². The van der Waals surface area contributed by atoms with Gasteiger partial charge in [0.2, 0.25) is 5.91 Å². The number of carbonyl (C=O) groups excluding carboxylic acids is 2. The molecule has 146 valence electrons. The summed E-state index contributed by atoms with van der Waals surface area (Å²) in [5.41, 5.74) is 2.57. The summed E-state index contributed by atoms with van der Waals surface area (Å²) >= 11 is 12.4. The Morgan fingerprint density at radius 1 is 0.929 bits per heavy atom. The first-order chi connectivity index (χ1) is 13.4. The topological polar surface area (TPSA) is 75.7 Å². The molecule has 2 aromatic carbocycles. The van der Waals surface area contributed by atoms with E-state index in [1.807, 2.05) is 24.3 Å². The molecule has 1 N–H and O–H groups in total. The van der Waals surface area contributed by atoms with Gasteiger partial charge in [0.25, 0.3) is 0 Å². The summed E-state index contributed by atoms with van der Waals surface area (Å²) in [5, 5.41) is 14.0. The maximum Gasteiger partial charge on any atom is 0.248 e. The van der Waals surface area contributed by atoms with Crippen LogP contribution in [0, 0.1) is 0 Å². The van der Waals surface area contributed by atoms with Crippen LogP contribution in [0.4, 0.5) is 17.1 Å². The molecule has 0 unspecified atom stereocenters. The zero-order chi connectivity index (χ0) is 20.1. The molecule has 3 rings (SSSR count). The van der Waals surface area contributed by atoms with Crippen LogP contribution in [0.3, 0.4) is 0 Å². The third kappa shape index (κ3) is 4.97. The molecule has 1 fully saturated rings. The Labute approximate surface area is 173 Å². The smallest absolute Gasteiger partial charge is 0.248 e. The largest absolute Gasteiger partial charge is 0.545 e. The number of halogens is 2. The van der Waals surface area contributed by atoms with Gasteiger partial charge in [-0.2, -0.15) is 0 Å². The van der Waals surface area contributed by atoms with E-state index in [2.05, 4.69) is 15.1 Å². The molecule has 6 nitrogen and oxygen atoms in total. The molecule has 2 aromatic rings. The Morgan fingerprint density at radius 3 is 2.21 bits per heavy atom. The first-order valence-electron chi connectivity index (χ1n) is 8.68. The number of piperazine rings is 1. The summed E-state index contributed by atoms with van der Waals surface area (Å²) < 4.78 is 0. The van der Waals surface area contributed by atoms with Gasteiger partial charge in [-0.05, 0) is 42.5 Å². The van der Waals surface area contributed by atoms with Crippen LogP contribution in [0.5, 0.6) is 0 Å². The van der Waals surface area contributed by atoms with Gasteiger partial charge in [0.05, 0.1) is 21.7 Å². The molecule has 1 heterocycles. The number of hydrogen-bond acceptors (Lipinski definition) is 5. The van der Waals surface area contributed by atoms with Crippen molar-refractivity contribution < 1.29 is 14.7 Å². The lowest BCUT2D eigenvalue weighted by Gasteiger charge is -2.37. The van der Waals surface area contributed by atoms with Crippen molar-refractivity contribution in [2.75, 3.05) is 41.3 Å². The molecular weight excluding hydrogens is 401 g/mol. The summed E-state index contributed by atoms with van der Waals surface area (Å²) in [5.74, 6) is -1.94. The summed E-state index contributed by atoms with van der Waals surface area (Å²) in [6, 6.07) is 13.0. The summed E-state index contributed by atoms with van der Waals surface area (Å²) in [7, 11) is 0. The van der Waals surface area contributed by atoms with Crippen molar-refractivity contribution in [2.24, 2.45) is 0 Å². The first-order valence-corrected chi connectivity index (χ1v) is 9.43. The second-order valence-corrected chi connectivity index (χ2v) is 7.02. The van der Waals surface area contributed by atoms with Gasteiger partial charge in [0, 0.05) is 43.6 Å². The van der Waals surface area contributed by atoms with Gasteiger partial charge >= 0.3 is 0 Å². The first kappa shape index (κ1) is 20.0. The monoisotopic (exact) mass is 418 g/mol. The molecule has 28 heavy (non-hydrogen) atoms. The van der Waals surface area contributed by atoms with E-state index in [9.17, 15) is 14.7 Å². The molecule has 0 spiro atoms. The molecule has 0 aliphatic carbocycles. The predicted octanol–water partition coefficient (Wildman–Crippen LogP) is 2.56. The van der Waals surface area contributed by atoms with E-state index in [1.54, 1.807) is 18.2 Å². The lowest BCUT2D eigenvalue weighted by Crippen LogP contribution is -2.46. The average molecular weight is 419 g/mol. The number of anilines is 3. The van der Waals surface area contributed by atoms with Crippen LogP contribution in [0.1, 0.15) is 0 Å². The molecule has 0 radical (unpaired) electrons. The van der Waals surface area contributed by atoms with Crippen molar-refractivity contribution in [1.29, 1.82) is 0 Å². The fourth-order valence-corrected chi connectivity index (χ4v) is 3.44. The minimum Gasteiger partial charge on any atom is -0.545 e. The van der Waals surface area contributed by atoms with E-state index in [0.29, 0.717) is 21.8 Å². The van der Waals surface area contributed by atoms with E-state index in [-0.39, 0.29) is 0 Å². The van der Waals surface area contributed by atoms with Gasteiger partial charge in [-0.1, -0.05) is 29.3 Å². The van der Waals surface area contributed by atoms with Crippen LogP contribution < -0.4 is 20.2 Å². The summed E-state index contributed by atoms with van der Waals surface area (Å²) in [6.07, 6.45) is 1.61. The summed E-state index contributed by atoms with van der Waals surface area (Å²) in [6.45, 7) is 3.27. The number of nitrogens with zero attached hydrogens (tertiary/aromatic N) is 2. The van der Waals surface area contributed by atoms with Crippen LogP contribution in [0.25, 0.3) is 0 Å². The molecule has 1 amide bonds. The molecule has 0 saturated carbocycles. The lowest BCUT2D eigenvalue weighted by molar-refractivity contribution is -0.297. The normalized spacial score (nSPS) is 14.4. The number of carboxylic acid groups (broad SMARTS) is 1. The molecule has 1 aliphatic heterocycles. The molecule has 0 atom stereocenters. The predicted molar refractivity (Wildman–Crippen MR) is 110 cm³/mol. The zero-order valence-electron chi connectivity index (χ0n) is 14.9. The van der Waals surface area contributed by atoms with Gasteiger partial charge in [-0.15, -0.1) is 0 Å². The molecule has 8 heteroatoms. The third-order valence-corrected chi connectivity index (χ3v) is 5.23. The number of nitrogens with one attached hydrogen (secondary N) is 1. The highest BCUT2D eigenvalue weighted by Gasteiger charge is 2.20. The van der Waals surface area contributed by atoms with Crippen LogP contribution in [0.2, 0.25) is 10.0 Å². The minimum absolute atomic E-state index is 0.524. The van der Waals surface area contributed by atoms with E-state index in [4.69, 9.17) is 23.2 Å². The van der Waals surface area contributed by atoms with Crippen molar-refractivity contribution in [2.45, 2.75) is 0 Å². The highest BCUT2D eigenvalue weighted by atomic mass is 35.5. The van der Waals surface area contributed by atoms with Gasteiger partial charge in [-0.25, -0.2) is 0 Å². The van der Waals surface area contributed by atoms with Crippen LogP contribution in [-0.2, 0) is 9.59 Å². The quantitative estimate of drug-likeness (QED) is 0.755. The van der Waals surface area contributed by atoms with Crippen molar-refractivity contribution in [3.05, 3.63) is 64.7 Å². The number of carbonyl (C=O) groups is 2. The average Bonchev–Trinajstić information content (AvgIpc) is 2.69. The Balaban J connectivity index is 1.58. The fraction of sp³-hybridized carbons (Fsp3) is 0.200. The number of benzene rings is 2. The third-order valence-electron chi connectivity index (χ3n) is 4.42. The van der Waals surface area contributed by atoms with E-state index in [1.165, 1.54) is 0 Å². The van der Waals surface area contributed by atoms with Gasteiger partial charge in [0.15, 0.2) is 0 Å². The standard InChI is InChI=1S/C20H19Cl2N3O3/c21-16-2-1-3-17(20(16)22)25-12-10-24(11-13-25)15-6-4-14(5-7-15)23-18(26)8-9-19(27)28/h1-9H,10-13H2,(H,23,26)(H,27,28)/p-1. The molecule has 0 aromatic heterocycles. The maximum atomic E-state index is 11.6. The Bertz CT molecular complexity index is 892. The van der Waals surface area contributed by atoms with Crippen molar-refractivity contribution in [3.8, 4) is 0 Å². The van der Waals surface area contributed by atoms with Crippen molar-refractivity contribution >= 4 is 52.1 Å². The Hall–Kier alpha value is -2.70. The Kier molecular flexibility index (Phi) is 6.44. The lowest BCUT2D eigenvalue weighted by atomic mass is 10.2. The van der Waals surface area contributed by atoms with Crippen LogP contribution in [0.15, 0.2) is 54.6 Å². The van der Waals surface area contributed by atoms with E-state index >= 15 is 0 Å². The number of carboxylic acids is 1. The number of amides is 1. The highest BCUT2D eigenvalue weighted by molar-refractivity contribution is 6.43. The number of hydrogen-bond donors (Lipinski definition) is 1. The Morgan fingerprint density at radius 2 is 1.57 bits per heavy atom. The number of aliphatic carboxylic acids is 1. The SMILES string of the molecule is O=C([O-])C=CC(=O)Nc1ccc(N2CCN(c3cccc(Cl)c3Cl)CC2)cc1. The van der Waals surface area contributed by atoms with E-state index in [0.717, 1.165) is 43.6 Å². The van der Waals surface area contributed by atoms with Gasteiger partial charge in [0.1, 0.15) is 0 Å². The summed E-state index contributed by atoms with van der Waals surface area (Å²) in [4.78, 5) is 26.4. The second kappa shape index (κ2) is 8.99. The van der Waals surface area contributed by atoms with Gasteiger partial charge in [-0.3, -0.25) is 4.79 Å². The van der Waals surface area contributed by atoms with Crippen LogP contribution in [-0.4, -0.2) is 38.1 Å². The molecule has 1 saturated heterocycles.